The number of aromatic nitrogens is 2. The zero-order chi connectivity index (χ0) is 13.1. The van der Waals surface area contributed by atoms with E-state index in [4.69, 9.17) is 11.6 Å². The predicted molar refractivity (Wildman–Crippen MR) is 75.6 cm³/mol. The van der Waals surface area contributed by atoms with Crippen LogP contribution in [0.15, 0.2) is 24.3 Å². The van der Waals surface area contributed by atoms with E-state index in [1.54, 1.807) is 0 Å². The maximum atomic E-state index is 6.09. The Morgan fingerprint density at radius 1 is 1.17 bits per heavy atom. The number of halogens is 1. The van der Waals surface area contributed by atoms with Crippen molar-refractivity contribution in [1.82, 2.24) is 9.97 Å². The number of hydrogen-bond acceptors (Lipinski definition) is 3. The van der Waals surface area contributed by atoms with Crippen molar-refractivity contribution in [3.63, 3.8) is 0 Å². The number of benzene rings is 1. The second-order valence-corrected chi connectivity index (χ2v) is 4.57. The summed E-state index contributed by atoms with van der Waals surface area (Å²) in [5.41, 5.74) is 3.99. The van der Waals surface area contributed by atoms with Crippen LogP contribution in [0, 0.1) is 13.8 Å². The van der Waals surface area contributed by atoms with E-state index in [9.17, 15) is 0 Å². The van der Waals surface area contributed by atoms with Crippen LogP contribution in [0.2, 0.25) is 5.15 Å². The number of rotatable bonds is 3. The number of hydrogen-bond donors (Lipinski definition) is 1. The molecule has 0 radical (unpaired) electrons. The monoisotopic (exact) mass is 261 g/mol. The summed E-state index contributed by atoms with van der Waals surface area (Å²) >= 11 is 6.09. The second kappa shape index (κ2) is 5.36. The average molecular weight is 262 g/mol. The van der Waals surface area contributed by atoms with Gasteiger partial charge in [-0.05, 0) is 38.0 Å². The molecule has 0 unspecified atom stereocenters. The van der Waals surface area contributed by atoms with Gasteiger partial charge in [0, 0.05) is 5.69 Å². The van der Waals surface area contributed by atoms with E-state index in [1.807, 2.05) is 26.0 Å². The smallest absolute Gasteiger partial charge is 0.172 e. The van der Waals surface area contributed by atoms with Gasteiger partial charge in [-0.1, -0.05) is 30.7 Å². The molecule has 0 fully saturated rings. The lowest BCUT2D eigenvalue weighted by molar-refractivity contribution is 1.05. The molecule has 1 N–H and O–H groups in total. The van der Waals surface area contributed by atoms with Crippen molar-refractivity contribution in [2.45, 2.75) is 27.2 Å². The van der Waals surface area contributed by atoms with Crippen LogP contribution in [0.1, 0.15) is 23.9 Å². The summed E-state index contributed by atoms with van der Waals surface area (Å²) in [6, 6.07) is 8.20. The summed E-state index contributed by atoms with van der Waals surface area (Å²) in [6.07, 6.45) is 1.00. The summed E-state index contributed by atoms with van der Waals surface area (Å²) in [5.74, 6) is 0.605. The molecule has 1 heterocycles. The minimum absolute atomic E-state index is 0.403. The first-order valence-corrected chi connectivity index (χ1v) is 6.34. The normalized spacial score (nSPS) is 10.4. The van der Waals surface area contributed by atoms with Crippen molar-refractivity contribution in [2.75, 3.05) is 5.32 Å². The third-order valence-electron chi connectivity index (χ3n) is 2.86. The van der Waals surface area contributed by atoms with Crippen molar-refractivity contribution >= 4 is 23.1 Å². The van der Waals surface area contributed by atoms with Crippen LogP contribution < -0.4 is 5.32 Å². The van der Waals surface area contributed by atoms with E-state index in [-0.39, 0.29) is 0 Å². The van der Waals surface area contributed by atoms with Gasteiger partial charge < -0.3 is 5.32 Å². The maximum absolute atomic E-state index is 6.09. The van der Waals surface area contributed by atoms with Crippen LogP contribution in [-0.2, 0) is 6.42 Å². The Balaban J connectivity index is 2.30. The van der Waals surface area contributed by atoms with Crippen LogP contribution in [0.25, 0.3) is 0 Å². The standard InChI is InChI=1S/C14H16ClN3/c1-4-11-6-5-7-12(8-11)18-14-13(15)16-9(2)10(3)17-14/h5-8H,4H2,1-3H3,(H,17,18). The lowest BCUT2D eigenvalue weighted by Crippen LogP contribution is -2.01. The minimum atomic E-state index is 0.403. The first kappa shape index (κ1) is 12.8. The highest BCUT2D eigenvalue weighted by atomic mass is 35.5. The van der Waals surface area contributed by atoms with E-state index < -0.39 is 0 Å². The van der Waals surface area contributed by atoms with Crippen LogP contribution in [0.3, 0.4) is 0 Å². The molecule has 0 aliphatic carbocycles. The molecule has 2 aromatic rings. The predicted octanol–water partition coefficient (Wildman–Crippen LogP) is 4.05. The number of nitrogens with one attached hydrogen (secondary N) is 1. The van der Waals surface area contributed by atoms with Gasteiger partial charge in [0.25, 0.3) is 0 Å². The first-order valence-electron chi connectivity index (χ1n) is 5.97. The van der Waals surface area contributed by atoms with Crippen molar-refractivity contribution < 1.29 is 0 Å². The Hall–Kier alpha value is -1.61. The zero-order valence-corrected chi connectivity index (χ0v) is 11.5. The fourth-order valence-electron chi connectivity index (χ4n) is 1.66. The molecule has 0 bridgehead atoms. The van der Waals surface area contributed by atoms with Gasteiger partial charge in [-0.3, -0.25) is 0 Å². The Morgan fingerprint density at radius 3 is 2.61 bits per heavy atom. The largest absolute Gasteiger partial charge is 0.338 e. The molecular weight excluding hydrogens is 246 g/mol. The number of aryl methyl sites for hydroxylation is 3. The lowest BCUT2D eigenvalue weighted by atomic mass is 10.1. The highest BCUT2D eigenvalue weighted by Crippen LogP contribution is 2.23. The van der Waals surface area contributed by atoms with E-state index in [2.05, 4.69) is 34.3 Å². The SMILES string of the molecule is CCc1cccc(Nc2nc(C)c(C)nc2Cl)c1. The Bertz CT molecular complexity index is 567. The first-order chi connectivity index (χ1) is 8.60. The van der Waals surface area contributed by atoms with Gasteiger partial charge in [0.15, 0.2) is 11.0 Å². The molecule has 3 nitrogen and oxygen atoms in total. The summed E-state index contributed by atoms with van der Waals surface area (Å²) in [6.45, 7) is 5.95. The van der Waals surface area contributed by atoms with Crippen molar-refractivity contribution in [3.05, 3.63) is 46.4 Å². The molecule has 18 heavy (non-hydrogen) atoms. The summed E-state index contributed by atoms with van der Waals surface area (Å²) < 4.78 is 0. The summed E-state index contributed by atoms with van der Waals surface area (Å²) in [5, 5.41) is 3.61. The fraction of sp³-hybridized carbons (Fsp3) is 0.286. The highest BCUT2D eigenvalue weighted by molar-refractivity contribution is 6.31. The summed E-state index contributed by atoms with van der Waals surface area (Å²) in [7, 11) is 0. The van der Waals surface area contributed by atoms with Gasteiger partial charge in [-0.2, -0.15) is 0 Å². The molecule has 0 saturated heterocycles. The molecule has 0 aliphatic rings. The molecule has 1 aromatic carbocycles. The van der Waals surface area contributed by atoms with Crippen LogP contribution in [-0.4, -0.2) is 9.97 Å². The van der Waals surface area contributed by atoms with Gasteiger partial charge in [0.2, 0.25) is 0 Å². The van der Waals surface area contributed by atoms with E-state index in [1.165, 1.54) is 5.56 Å². The molecule has 0 amide bonds. The topological polar surface area (TPSA) is 37.8 Å². The van der Waals surface area contributed by atoms with Crippen molar-refractivity contribution in [1.29, 1.82) is 0 Å². The van der Waals surface area contributed by atoms with Crippen molar-refractivity contribution in [3.8, 4) is 0 Å². The Morgan fingerprint density at radius 2 is 1.89 bits per heavy atom. The quantitative estimate of drug-likeness (QED) is 0.906. The number of nitrogens with zero attached hydrogens (tertiary/aromatic N) is 2. The average Bonchev–Trinajstić information content (AvgIpc) is 2.36. The molecule has 2 rings (SSSR count). The second-order valence-electron chi connectivity index (χ2n) is 4.21. The third-order valence-corrected chi connectivity index (χ3v) is 3.13. The van der Waals surface area contributed by atoms with Crippen LogP contribution in [0.5, 0.6) is 0 Å². The third kappa shape index (κ3) is 2.79. The lowest BCUT2D eigenvalue weighted by Gasteiger charge is -2.10. The molecule has 4 heteroatoms. The van der Waals surface area contributed by atoms with Gasteiger partial charge >= 0.3 is 0 Å². The highest BCUT2D eigenvalue weighted by Gasteiger charge is 2.07. The van der Waals surface area contributed by atoms with E-state index >= 15 is 0 Å². The van der Waals surface area contributed by atoms with Gasteiger partial charge in [0.1, 0.15) is 0 Å². The molecule has 0 saturated carbocycles. The van der Waals surface area contributed by atoms with Crippen LogP contribution >= 0.6 is 11.6 Å². The fourth-order valence-corrected chi connectivity index (χ4v) is 1.88. The maximum Gasteiger partial charge on any atom is 0.172 e. The van der Waals surface area contributed by atoms with E-state index in [0.29, 0.717) is 11.0 Å². The molecule has 94 valence electrons. The summed E-state index contributed by atoms with van der Waals surface area (Å²) in [4.78, 5) is 8.67. The van der Waals surface area contributed by atoms with E-state index in [0.717, 1.165) is 23.5 Å². The molecular formula is C14H16ClN3. The molecule has 0 spiro atoms. The Kier molecular flexibility index (Phi) is 3.82. The minimum Gasteiger partial charge on any atom is -0.338 e. The zero-order valence-electron chi connectivity index (χ0n) is 10.8. The van der Waals surface area contributed by atoms with Crippen molar-refractivity contribution in [2.24, 2.45) is 0 Å². The van der Waals surface area contributed by atoms with Gasteiger partial charge in [0.05, 0.1) is 11.4 Å². The Labute approximate surface area is 112 Å². The van der Waals surface area contributed by atoms with Gasteiger partial charge in [-0.25, -0.2) is 9.97 Å². The molecule has 0 atom stereocenters. The number of anilines is 2. The molecule has 0 aliphatic heterocycles. The van der Waals surface area contributed by atoms with Crippen LogP contribution in [0.4, 0.5) is 11.5 Å². The van der Waals surface area contributed by atoms with Gasteiger partial charge in [-0.15, -0.1) is 0 Å². The molecule has 1 aromatic heterocycles.